The summed E-state index contributed by atoms with van der Waals surface area (Å²) in [5.41, 5.74) is 1.09. The number of carbonyl (C=O) groups is 2. The van der Waals surface area contributed by atoms with Crippen LogP contribution in [0.2, 0.25) is 0 Å². The van der Waals surface area contributed by atoms with Crippen LogP contribution in [0.4, 0.5) is 4.79 Å². The van der Waals surface area contributed by atoms with E-state index in [1.165, 1.54) is 12.1 Å². The van der Waals surface area contributed by atoms with Crippen molar-refractivity contribution < 1.29 is 19.4 Å². The van der Waals surface area contributed by atoms with Crippen molar-refractivity contribution in [2.24, 2.45) is 0 Å². The number of hydrogen-bond acceptors (Lipinski definition) is 3. The second-order valence-electron chi connectivity index (χ2n) is 4.86. The standard InChI is InChI=1S/C14H18N2O4/c1-20-12-6-11(7-12)16-14(19)15-8-9-2-4-10(5-3-9)13(17)18/h2-5,11-12H,6-8H2,1H3,(H,17,18)(H2,15,16,19). The van der Waals surface area contributed by atoms with Crippen LogP contribution in [0.25, 0.3) is 0 Å². The van der Waals surface area contributed by atoms with E-state index in [4.69, 9.17) is 9.84 Å². The first-order chi connectivity index (χ1) is 9.58. The first-order valence-electron chi connectivity index (χ1n) is 6.48. The zero-order valence-electron chi connectivity index (χ0n) is 11.3. The number of benzene rings is 1. The molecule has 0 radical (unpaired) electrons. The number of carboxylic acids is 1. The Morgan fingerprint density at radius 2 is 1.95 bits per heavy atom. The van der Waals surface area contributed by atoms with Crippen molar-refractivity contribution in [3.8, 4) is 0 Å². The highest BCUT2D eigenvalue weighted by atomic mass is 16.5. The predicted octanol–water partition coefficient (Wildman–Crippen LogP) is 1.36. The van der Waals surface area contributed by atoms with Crippen molar-refractivity contribution >= 4 is 12.0 Å². The Kier molecular flexibility index (Phi) is 4.57. The summed E-state index contributed by atoms with van der Waals surface area (Å²) in [6.07, 6.45) is 1.94. The third kappa shape index (κ3) is 3.71. The van der Waals surface area contributed by atoms with E-state index in [0.717, 1.165) is 18.4 Å². The van der Waals surface area contributed by atoms with Crippen LogP contribution in [0, 0.1) is 0 Å². The maximum absolute atomic E-state index is 11.6. The van der Waals surface area contributed by atoms with E-state index in [9.17, 15) is 9.59 Å². The first-order valence-corrected chi connectivity index (χ1v) is 6.48. The van der Waals surface area contributed by atoms with Crippen LogP contribution in [0.15, 0.2) is 24.3 Å². The molecule has 3 N–H and O–H groups in total. The molecule has 0 aromatic heterocycles. The summed E-state index contributed by atoms with van der Waals surface area (Å²) in [6.45, 7) is 0.367. The molecule has 1 aromatic carbocycles. The van der Waals surface area contributed by atoms with Gasteiger partial charge in [-0.25, -0.2) is 9.59 Å². The molecule has 0 bridgehead atoms. The van der Waals surface area contributed by atoms with Crippen LogP contribution >= 0.6 is 0 Å². The van der Waals surface area contributed by atoms with E-state index >= 15 is 0 Å². The lowest BCUT2D eigenvalue weighted by Crippen LogP contribution is -2.50. The van der Waals surface area contributed by atoms with Gasteiger partial charge in [0, 0.05) is 19.7 Å². The van der Waals surface area contributed by atoms with E-state index in [0.29, 0.717) is 6.54 Å². The van der Waals surface area contributed by atoms with Gasteiger partial charge < -0.3 is 20.5 Å². The normalized spacial score (nSPS) is 20.9. The van der Waals surface area contributed by atoms with Gasteiger partial charge in [-0.15, -0.1) is 0 Å². The molecular weight excluding hydrogens is 260 g/mol. The van der Waals surface area contributed by atoms with Crippen LogP contribution in [0.5, 0.6) is 0 Å². The monoisotopic (exact) mass is 278 g/mol. The van der Waals surface area contributed by atoms with Crippen LogP contribution in [-0.2, 0) is 11.3 Å². The summed E-state index contributed by atoms with van der Waals surface area (Å²) < 4.78 is 5.14. The molecule has 0 spiro atoms. The SMILES string of the molecule is COC1CC(NC(=O)NCc2ccc(C(=O)O)cc2)C1. The molecule has 6 heteroatoms. The number of hydrogen-bond donors (Lipinski definition) is 3. The summed E-state index contributed by atoms with van der Waals surface area (Å²) in [7, 11) is 1.67. The third-order valence-electron chi connectivity index (χ3n) is 3.42. The number of urea groups is 1. The second-order valence-corrected chi connectivity index (χ2v) is 4.86. The number of amides is 2. The second kappa shape index (κ2) is 6.38. The molecule has 1 aliphatic rings. The van der Waals surface area contributed by atoms with Gasteiger partial charge >= 0.3 is 12.0 Å². The van der Waals surface area contributed by atoms with Crippen molar-refractivity contribution in [2.75, 3.05) is 7.11 Å². The minimum Gasteiger partial charge on any atom is -0.478 e. The van der Waals surface area contributed by atoms with Crippen molar-refractivity contribution in [1.82, 2.24) is 10.6 Å². The van der Waals surface area contributed by atoms with E-state index in [1.54, 1.807) is 19.2 Å². The number of carboxylic acid groups (broad SMARTS) is 1. The van der Waals surface area contributed by atoms with Gasteiger partial charge in [0.2, 0.25) is 0 Å². The smallest absolute Gasteiger partial charge is 0.335 e. The Morgan fingerprint density at radius 1 is 1.30 bits per heavy atom. The Balaban J connectivity index is 1.72. The highest BCUT2D eigenvalue weighted by molar-refractivity contribution is 5.87. The largest absolute Gasteiger partial charge is 0.478 e. The zero-order chi connectivity index (χ0) is 14.5. The summed E-state index contributed by atoms with van der Waals surface area (Å²) in [4.78, 5) is 22.3. The van der Waals surface area contributed by atoms with E-state index in [1.807, 2.05) is 0 Å². The van der Waals surface area contributed by atoms with Gasteiger partial charge in [-0.1, -0.05) is 12.1 Å². The molecule has 1 saturated carbocycles. The summed E-state index contributed by atoms with van der Waals surface area (Å²) in [5, 5.41) is 14.4. The molecule has 1 aliphatic carbocycles. The first kappa shape index (κ1) is 14.3. The summed E-state index contributed by atoms with van der Waals surface area (Å²) in [5.74, 6) is -0.958. The van der Waals surface area contributed by atoms with Crippen LogP contribution in [0.3, 0.4) is 0 Å². The van der Waals surface area contributed by atoms with E-state index < -0.39 is 5.97 Å². The minimum atomic E-state index is -0.958. The summed E-state index contributed by atoms with van der Waals surface area (Å²) >= 11 is 0. The lowest BCUT2D eigenvalue weighted by atomic mass is 9.89. The van der Waals surface area contributed by atoms with Crippen molar-refractivity contribution in [1.29, 1.82) is 0 Å². The maximum Gasteiger partial charge on any atom is 0.335 e. The van der Waals surface area contributed by atoms with Crippen LogP contribution in [-0.4, -0.2) is 36.4 Å². The van der Waals surface area contributed by atoms with E-state index in [2.05, 4.69) is 10.6 Å². The minimum absolute atomic E-state index is 0.175. The molecule has 1 aromatic rings. The number of ether oxygens (including phenoxy) is 1. The number of methoxy groups -OCH3 is 1. The van der Waals surface area contributed by atoms with Crippen molar-refractivity contribution in [3.05, 3.63) is 35.4 Å². The van der Waals surface area contributed by atoms with E-state index in [-0.39, 0.29) is 23.7 Å². The molecular formula is C14H18N2O4. The van der Waals surface area contributed by atoms with Gasteiger partial charge in [-0.2, -0.15) is 0 Å². The molecule has 108 valence electrons. The molecule has 2 rings (SSSR count). The number of carbonyl (C=O) groups excluding carboxylic acids is 1. The maximum atomic E-state index is 11.6. The van der Waals surface area contributed by atoms with Crippen LogP contribution < -0.4 is 10.6 Å². The molecule has 0 unspecified atom stereocenters. The Labute approximate surface area is 117 Å². The molecule has 1 fully saturated rings. The quantitative estimate of drug-likeness (QED) is 0.759. The third-order valence-corrected chi connectivity index (χ3v) is 3.42. The number of nitrogens with one attached hydrogen (secondary N) is 2. The number of aromatic carboxylic acids is 1. The van der Waals surface area contributed by atoms with Gasteiger partial charge in [0.25, 0.3) is 0 Å². The molecule has 2 amide bonds. The fourth-order valence-electron chi connectivity index (χ4n) is 2.06. The lowest BCUT2D eigenvalue weighted by molar-refractivity contribution is 0.0205. The van der Waals surface area contributed by atoms with Gasteiger partial charge in [0.05, 0.1) is 11.7 Å². The lowest BCUT2D eigenvalue weighted by Gasteiger charge is -2.34. The van der Waals surface area contributed by atoms with Gasteiger partial charge in [0.1, 0.15) is 0 Å². The highest BCUT2D eigenvalue weighted by Gasteiger charge is 2.29. The van der Waals surface area contributed by atoms with Gasteiger partial charge in [-0.3, -0.25) is 0 Å². The molecule has 0 atom stereocenters. The molecule has 0 saturated heterocycles. The average molecular weight is 278 g/mol. The van der Waals surface area contributed by atoms with Crippen molar-refractivity contribution in [3.63, 3.8) is 0 Å². The Hall–Kier alpha value is -2.08. The van der Waals surface area contributed by atoms with Gasteiger partial charge in [-0.05, 0) is 30.5 Å². The Morgan fingerprint density at radius 3 is 2.50 bits per heavy atom. The summed E-state index contributed by atoms with van der Waals surface area (Å²) in [6, 6.07) is 6.38. The Bertz CT molecular complexity index is 480. The van der Waals surface area contributed by atoms with Gasteiger partial charge in [0.15, 0.2) is 0 Å². The molecule has 6 nitrogen and oxygen atoms in total. The van der Waals surface area contributed by atoms with Crippen molar-refractivity contribution in [2.45, 2.75) is 31.5 Å². The molecule has 20 heavy (non-hydrogen) atoms. The number of rotatable bonds is 5. The fourth-order valence-corrected chi connectivity index (χ4v) is 2.06. The molecule has 0 aliphatic heterocycles. The zero-order valence-corrected chi connectivity index (χ0v) is 11.3. The predicted molar refractivity (Wildman–Crippen MR) is 72.6 cm³/mol. The van der Waals surface area contributed by atoms with Crippen LogP contribution in [0.1, 0.15) is 28.8 Å². The highest BCUT2D eigenvalue weighted by Crippen LogP contribution is 2.22. The fraction of sp³-hybridized carbons (Fsp3) is 0.429. The molecule has 0 heterocycles. The average Bonchev–Trinajstić information content (AvgIpc) is 2.40. The topological polar surface area (TPSA) is 87.7 Å².